The molecule has 7 heteroatoms. The number of carbonyl (C=O) groups excluding carboxylic acids is 2. The van der Waals surface area contributed by atoms with Gasteiger partial charge in [-0.25, -0.2) is 4.79 Å². The lowest BCUT2D eigenvalue weighted by molar-refractivity contribution is -0.139. The Labute approximate surface area is 112 Å². The SMILES string of the molecule is CCCNC(=O)CN(C)C(=O)N1CC(CC(=O)O)C1. The molecule has 0 aliphatic carbocycles. The summed E-state index contributed by atoms with van der Waals surface area (Å²) in [6, 6.07) is -0.228. The zero-order chi connectivity index (χ0) is 14.4. The number of nitrogens with zero attached hydrogens (tertiary/aromatic N) is 2. The van der Waals surface area contributed by atoms with Crippen LogP contribution in [0.4, 0.5) is 4.79 Å². The predicted octanol–water partition coefficient (Wildman–Crippen LogP) is -0.0291. The molecule has 0 aromatic carbocycles. The molecular weight excluding hydrogens is 250 g/mol. The van der Waals surface area contributed by atoms with Crippen molar-refractivity contribution in [3.8, 4) is 0 Å². The maximum absolute atomic E-state index is 11.9. The average Bonchev–Trinajstić information content (AvgIpc) is 2.29. The van der Waals surface area contributed by atoms with Crippen molar-refractivity contribution in [2.75, 3.05) is 33.2 Å². The highest BCUT2D eigenvalue weighted by atomic mass is 16.4. The number of aliphatic carboxylic acids is 1. The first-order valence-electron chi connectivity index (χ1n) is 6.42. The maximum atomic E-state index is 11.9. The summed E-state index contributed by atoms with van der Waals surface area (Å²) in [4.78, 5) is 36.7. The summed E-state index contributed by atoms with van der Waals surface area (Å²) in [7, 11) is 1.57. The van der Waals surface area contributed by atoms with Crippen molar-refractivity contribution in [3.05, 3.63) is 0 Å². The molecule has 1 aliphatic rings. The Morgan fingerprint density at radius 2 is 2.00 bits per heavy atom. The summed E-state index contributed by atoms with van der Waals surface area (Å²) in [5.41, 5.74) is 0. The lowest BCUT2D eigenvalue weighted by atomic mass is 9.97. The maximum Gasteiger partial charge on any atom is 0.320 e. The van der Waals surface area contributed by atoms with E-state index in [-0.39, 0.29) is 30.8 Å². The van der Waals surface area contributed by atoms with E-state index in [1.807, 2.05) is 6.92 Å². The quantitative estimate of drug-likeness (QED) is 0.710. The van der Waals surface area contributed by atoms with Crippen LogP contribution in [0.15, 0.2) is 0 Å². The molecule has 0 radical (unpaired) electrons. The number of hydrogen-bond acceptors (Lipinski definition) is 3. The van der Waals surface area contributed by atoms with Crippen molar-refractivity contribution in [2.45, 2.75) is 19.8 Å². The third-order valence-electron chi connectivity index (χ3n) is 2.97. The molecule has 1 aliphatic heterocycles. The van der Waals surface area contributed by atoms with E-state index in [4.69, 9.17) is 5.11 Å². The Kier molecular flexibility index (Phi) is 5.59. The fourth-order valence-corrected chi connectivity index (χ4v) is 1.95. The Morgan fingerprint density at radius 3 is 2.53 bits per heavy atom. The monoisotopic (exact) mass is 271 g/mol. The molecule has 2 N–H and O–H groups in total. The lowest BCUT2D eigenvalue weighted by Gasteiger charge is -2.40. The van der Waals surface area contributed by atoms with E-state index in [9.17, 15) is 14.4 Å². The number of likely N-dealkylation sites (tertiary alicyclic amines) is 1. The minimum atomic E-state index is -0.843. The number of nitrogens with one attached hydrogen (secondary N) is 1. The van der Waals surface area contributed by atoms with Gasteiger partial charge in [0.1, 0.15) is 6.54 Å². The van der Waals surface area contributed by atoms with Crippen LogP contribution in [0.25, 0.3) is 0 Å². The number of carbonyl (C=O) groups is 3. The van der Waals surface area contributed by atoms with Crippen molar-refractivity contribution in [2.24, 2.45) is 5.92 Å². The highest BCUT2D eigenvalue weighted by molar-refractivity contribution is 5.84. The number of likely N-dealkylation sites (N-methyl/N-ethyl adjacent to an activating group) is 1. The number of carboxylic acids is 1. The molecule has 19 heavy (non-hydrogen) atoms. The van der Waals surface area contributed by atoms with Gasteiger partial charge >= 0.3 is 12.0 Å². The molecule has 0 unspecified atom stereocenters. The number of urea groups is 1. The summed E-state index contributed by atoms with van der Waals surface area (Å²) in [5.74, 6) is -0.992. The highest BCUT2D eigenvalue weighted by Crippen LogP contribution is 2.20. The van der Waals surface area contributed by atoms with Gasteiger partial charge < -0.3 is 20.2 Å². The molecule has 1 saturated heterocycles. The van der Waals surface area contributed by atoms with Crippen LogP contribution in [0.5, 0.6) is 0 Å². The van der Waals surface area contributed by atoms with Gasteiger partial charge in [-0.1, -0.05) is 6.92 Å². The van der Waals surface area contributed by atoms with Crippen molar-refractivity contribution in [1.82, 2.24) is 15.1 Å². The summed E-state index contributed by atoms with van der Waals surface area (Å²) in [6.07, 6.45) is 0.941. The molecule has 0 aromatic rings. The van der Waals surface area contributed by atoms with Gasteiger partial charge in [0.2, 0.25) is 5.91 Å². The molecular formula is C12H21N3O4. The van der Waals surface area contributed by atoms with Gasteiger partial charge in [0.25, 0.3) is 0 Å². The number of hydrogen-bond donors (Lipinski definition) is 2. The standard InChI is InChI=1S/C12H21N3O4/c1-3-4-13-10(16)8-14(2)12(19)15-6-9(7-15)5-11(17)18/h9H,3-8H2,1-2H3,(H,13,16)(H,17,18). The Hall–Kier alpha value is -1.79. The van der Waals surface area contributed by atoms with Crippen LogP contribution in [0, 0.1) is 5.92 Å². The Morgan fingerprint density at radius 1 is 1.37 bits per heavy atom. The molecule has 1 rings (SSSR count). The second-order valence-electron chi connectivity index (χ2n) is 4.86. The number of rotatable bonds is 6. The van der Waals surface area contributed by atoms with E-state index >= 15 is 0 Å². The summed E-state index contributed by atoms with van der Waals surface area (Å²) < 4.78 is 0. The summed E-state index contributed by atoms with van der Waals surface area (Å²) in [6.45, 7) is 3.49. The Balaban J connectivity index is 2.27. The first-order valence-corrected chi connectivity index (χ1v) is 6.42. The van der Waals surface area contributed by atoms with Crippen LogP contribution in [0.3, 0.4) is 0 Å². The average molecular weight is 271 g/mol. The van der Waals surface area contributed by atoms with E-state index in [2.05, 4.69) is 5.32 Å². The number of amides is 3. The zero-order valence-corrected chi connectivity index (χ0v) is 11.4. The van der Waals surface area contributed by atoms with E-state index in [1.165, 1.54) is 4.90 Å². The van der Waals surface area contributed by atoms with Crippen molar-refractivity contribution < 1.29 is 19.5 Å². The van der Waals surface area contributed by atoms with Crippen LogP contribution >= 0.6 is 0 Å². The normalized spacial score (nSPS) is 14.7. The highest BCUT2D eigenvalue weighted by Gasteiger charge is 2.33. The second kappa shape index (κ2) is 6.96. The van der Waals surface area contributed by atoms with Crippen LogP contribution in [-0.4, -0.2) is 66.0 Å². The third-order valence-corrected chi connectivity index (χ3v) is 2.97. The smallest absolute Gasteiger partial charge is 0.320 e. The molecule has 0 spiro atoms. The Bertz CT molecular complexity index is 353. The molecule has 0 aromatic heterocycles. The van der Waals surface area contributed by atoms with Gasteiger partial charge in [0.15, 0.2) is 0 Å². The minimum Gasteiger partial charge on any atom is -0.481 e. The first-order chi connectivity index (χ1) is 8.93. The molecule has 0 atom stereocenters. The summed E-state index contributed by atoms with van der Waals surface area (Å²) in [5, 5.41) is 11.3. The van der Waals surface area contributed by atoms with Crippen LogP contribution in [0.2, 0.25) is 0 Å². The van der Waals surface area contributed by atoms with Crippen LogP contribution in [-0.2, 0) is 9.59 Å². The number of carboxylic acid groups (broad SMARTS) is 1. The van der Waals surface area contributed by atoms with Crippen molar-refractivity contribution >= 4 is 17.9 Å². The van der Waals surface area contributed by atoms with Gasteiger partial charge in [-0.15, -0.1) is 0 Å². The van der Waals surface area contributed by atoms with Crippen LogP contribution < -0.4 is 5.32 Å². The first kappa shape index (κ1) is 15.3. The van der Waals surface area contributed by atoms with Gasteiger partial charge in [-0.3, -0.25) is 9.59 Å². The van der Waals surface area contributed by atoms with E-state index < -0.39 is 5.97 Å². The minimum absolute atomic E-state index is 0.0267. The fraction of sp³-hybridized carbons (Fsp3) is 0.750. The van der Waals surface area contributed by atoms with Gasteiger partial charge in [0.05, 0.1) is 6.42 Å². The van der Waals surface area contributed by atoms with Gasteiger partial charge in [-0.05, 0) is 6.42 Å². The second-order valence-corrected chi connectivity index (χ2v) is 4.86. The summed E-state index contributed by atoms with van der Waals surface area (Å²) >= 11 is 0. The van der Waals surface area contributed by atoms with E-state index in [0.717, 1.165) is 6.42 Å². The van der Waals surface area contributed by atoms with E-state index in [0.29, 0.717) is 19.6 Å². The zero-order valence-electron chi connectivity index (χ0n) is 11.4. The van der Waals surface area contributed by atoms with Crippen LogP contribution in [0.1, 0.15) is 19.8 Å². The van der Waals surface area contributed by atoms with E-state index in [1.54, 1.807) is 11.9 Å². The molecule has 1 fully saturated rings. The molecule has 1 heterocycles. The van der Waals surface area contributed by atoms with Crippen molar-refractivity contribution in [3.63, 3.8) is 0 Å². The molecule has 0 saturated carbocycles. The third kappa shape index (κ3) is 4.76. The molecule has 7 nitrogen and oxygen atoms in total. The molecule has 108 valence electrons. The van der Waals surface area contributed by atoms with Gasteiger partial charge in [-0.2, -0.15) is 0 Å². The molecule has 0 bridgehead atoms. The van der Waals surface area contributed by atoms with Gasteiger partial charge in [0, 0.05) is 32.6 Å². The molecule has 3 amide bonds. The topological polar surface area (TPSA) is 90.0 Å². The van der Waals surface area contributed by atoms with Crippen molar-refractivity contribution in [1.29, 1.82) is 0 Å². The predicted molar refractivity (Wildman–Crippen MR) is 68.6 cm³/mol. The fourth-order valence-electron chi connectivity index (χ4n) is 1.95. The largest absolute Gasteiger partial charge is 0.481 e. The lowest BCUT2D eigenvalue weighted by Crippen LogP contribution is -2.55.